The Bertz CT molecular complexity index is 569. The van der Waals surface area contributed by atoms with Gasteiger partial charge in [0.1, 0.15) is 30.5 Å². The Morgan fingerprint density at radius 1 is 1.35 bits per heavy atom. The van der Waals surface area contributed by atoms with Gasteiger partial charge in [0.05, 0.1) is 0 Å². The van der Waals surface area contributed by atoms with Crippen LogP contribution in [0, 0.1) is 5.82 Å². The lowest BCUT2D eigenvalue weighted by Crippen LogP contribution is -2.08. The highest BCUT2D eigenvalue weighted by Gasteiger charge is 2.11. The maximum absolute atomic E-state index is 13.3. The lowest BCUT2D eigenvalue weighted by molar-refractivity contribution is 0.155. The Balaban J connectivity index is 2.07. The maximum Gasteiger partial charge on any atom is 0.162 e. The second-order valence-corrected chi connectivity index (χ2v) is 4.48. The second kappa shape index (κ2) is 6.49. The third kappa shape index (κ3) is 3.55. The minimum atomic E-state index is -0.371. The molecule has 1 atom stereocenters. The van der Waals surface area contributed by atoms with E-state index >= 15 is 0 Å². The molecule has 0 aliphatic rings. The molecular weight excluding hydrogens is 263 g/mol. The van der Waals surface area contributed by atoms with Crippen LogP contribution in [0.4, 0.5) is 4.39 Å². The van der Waals surface area contributed by atoms with Crippen molar-refractivity contribution in [2.24, 2.45) is 5.73 Å². The zero-order chi connectivity index (χ0) is 14.5. The first-order valence-corrected chi connectivity index (χ1v) is 6.21. The van der Waals surface area contributed by atoms with Crippen molar-refractivity contribution < 1.29 is 18.4 Å². The van der Waals surface area contributed by atoms with Crippen LogP contribution in [0.5, 0.6) is 5.75 Å². The molecule has 0 unspecified atom stereocenters. The molecule has 0 saturated heterocycles. The molecule has 0 radical (unpaired) electrons. The SMILES string of the molecule is COCc1cc(COc2cc(F)ccc2[C@@H](C)N)no1. The van der Waals surface area contributed by atoms with Gasteiger partial charge in [-0.3, -0.25) is 0 Å². The summed E-state index contributed by atoms with van der Waals surface area (Å²) in [4.78, 5) is 0. The van der Waals surface area contributed by atoms with Crippen LogP contribution in [-0.2, 0) is 18.0 Å². The van der Waals surface area contributed by atoms with Crippen LogP contribution in [0.3, 0.4) is 0 Å². The first-order valence-electron chi connectivity index (χ1n) is 6.21. The van der Waals surface area contributed by atoms with E-state index in [1.165, 1.54) is 12.1 Å². The molecule has 5 nitrogen and oxygen atoms in total. The van der Waals surface area contributed by atoms with Gasteiger partial charge in [-0.15, -0.1) is 0 Å². The highest BCUT2D eigenvalue weighted by Crippen LogP contribution is 2.25. The van der Waals surface area contributed by atoms with Gasteiger partial charge in [0.25, 0.3) is 0 Å². The number of ether oxygens (including phenoxy) is 2. The van der Waals surface area contributed by atoms with E-state index in [4.69, 9.17) is 19.7 Å². The number of benzene rings is 1. The summed E-state index contributed by atoms with van der Waals surface area (Å²) in [6, 6.07) is 5.78. The number of halogens is 1. The quantitative estimate of drug-likeness (QED) is 0.880. The smallest absolute Gasteiger partial charge is 0.162 e. The third-order valence-corrected chi connectivity index (χ3v) is 2.74. The van der Waals surface area contributed by atoms with E-state index in [1.54, 1.807) is 19.2 Å². The average molecular weight is 280 g/mol. The van der Waals surface area contributed by atoms with Gasteiger partial charge in [-0.1, -0.05) is 11.2 Å². The second-order valence-electron chi connectivity index (χ2n) is 4.48. The number of nitrogens with zero attached hydrogens (tertiary/aromatic N) is 1. The lowest BCUT2D eigenvalue weighted by atomic mass is 10.1. The van der Waals surface area contributed by atoms with Gasteiger partial charge in [0.2, 0.25) is 0 Å². The van der Waals surface area contributed by atoms with Gasteiger partial charge >= 0.3 is 0 Å². The van der Waals surface area contributed by atoms with Gasteiger partial charge in [-0.2, -0.15) is 0 Å². The molecule has 1 heterocycles. The summed E-state index contributed by atoms with van der Waals surface area (Å²) in [5.74, 6) is 0.652. The van der Waals surface area contributed by atoms with Crippen LogP contribution in [-0.4, -0.2) is 12.3 Å². The third-order valence-electron chi connectivity index (χ3n) is 2.74. The van der Waals surface area contributed by atoms with E-state index in [9.17, 15) is 4.39 Å². The van der Waals surface area contributed by atoms with E-state index in [0.717, 1.165) is 5.56 Å². The van der Waals surface area contributed by atoms with Crippen LogP contribution in [0.1, 0.15) is 30.0 Å². The van der Waals surface area contributed by atoms with Gasteiger partial charge in [0.15, 0.2) is 5.76 Å². The number of methoxy groups -OCH3 is 1. The fourth-order valence-electron chi connectivity index (χ4n) is 1.80. The molecule has 6 heteroatoms. The predicted octanol–water partition coefficient (Wildman–Crippen LogP) is 2.56. The number of hydrogen-bond donors (Lipinski definition) is 1. The van der Waals surface area contributed by atoms with Crippen molar-refractivity contribution in [2.45, 2.75) is 26.2 Å². The Morgan fingerprint density at radius 3 is 2.85 bits per heavy atom. The average Bonchev–Trinajstić information content (AvgIpc) is 2.84. The van der Waals surface area contributed by atoms with Crippen LogP contribution in [0.2, 0.25) is 0 Å². The van der Waals surface area contributed by atoms with Crippen LogP contribution in [0.25, 0.3) is 0 Å². The van der Waals surface area contributed by atoms with Gasteiger partial charge in [-0.05, 0) is 13.0 Å². The molecule has 0 aliphatic carbocycles. The summed E-state index contributed by atoms with van der Waals surface area (Å²) in [6.07, 6.45) is 0. The number of nitrogens with two attached hydrogens (primary N) is 1. The standard InChI is InChI=1S/C14H17FN2O3/c1-9(16)13-4-3-10(15)5-14(13)19-7-11-6-12(8-18-2)20-17-11/h3-6,9H,7-8,16H2,1-2H3/t9-/m1/s1. The monoisotopic (exact) mass is 280 g/mol. The van der Waals surface area contributed by atoms with Crippen molar-refractivity contribution in [3.8, 4) is 5.75 Å². The summed E-state index contributed by atoms with van der Waals surface area (Å²) in [5, 5.41) is 3.84. The van der Waals surface area contributed by atoms with E-state index < -0.39 is 0 Å². The Morgan fingerprint density at radius 2 is 2.15 bits per heavy atom. The van der Waals surface area contributed by atoms with Gasteiger partial charge in [0, 0.05) is 30.8 Å². The maximum atomic E-state index is 13.3. The van der Waals surface area contributed by atoms with Crippen LogP contribution in [0.15, 0.2) is 28.8 Å². The molecule has 0 spiro atoms. The Kier molecular flexibility index (Phi) is 4.70. The topological polar surface area (TPSA) is 70.5 Å². The Hall–Kier alpha value is -1.92. The summed E-state index contributed by atoms with van der Waals surface area (Å²) in [6.45, 7) is 2.33. The van der Waals surface area contributed by atoms with Crippen LogP contribution < -0.4 is 10.5 Å². The molecule has 2 aromatic rings. The van der Waals surface area contributed by atoms with Gasteiger partial charge < -0.3 is 19.7 Å². The Labute approximate surface area is 116 Å². The lowest BCUT2D eigenvalue weighted by Gasteiger charge is -2.13. The molecule has 1 aromatic heterocycles. The fourth-order valence-corrected chi connectivity index (χ4v) is 1.80. The van der Waals surface area contributed by atoms with Crippen molar-refractivity contribution >= 4 is 0 Å². The fraction of sp³-hybridized carbons (Fsp3) is 0.357. The molecule has 0 amide bonds. The predicted molar refractivity (Wildman–Crippen MR) is 70.6 cm³/mol. The zero-order valence-corrected chi connectivity index (χ0v) is 11.4. The molecule has 108 valence electrons. The molecule has 2 N–H and O–H groups in total. The van der Waals surface area contributed by atoms with Crippen molar-refractivity contribution in [1.82, 2.24) is 5.16 Å². The summed E-state index contributed by atoms with van der Waals surface area (Å²) in [7, 11) is 1.57. The molecule has 0 aliphatic heterocycles. The van der Waals surface area contributed by atoms with Crippen molar-refractivity contribution in [3.05, 3.63) is 47.1 Å². The zero-order valence-electron chi connectivity index (χ0n) is 11.4. The van der Waals surface area contributed by atoms with Gasteiger partial charge in [-0.25, -0.2) is 4.39 Å². The molecule has 0 saturated carbocycles. The summed E-state index contributed by atoms with van der Waals surface area (Å²) in [5.41, 5.74) is 7.17. The van der Waals surface area contributed by atoms with Crippen LogP contribution >= 0.6 is 0 Å². The molecule has 2 rings (SSSR count). The van der Waals surface area contributed by atoms with E-state index in [1.807, 2.05) is 6.92 Å². The van der Waals surface area contributed by atoms with E-state index in [2.05, 4.69) is 5.16 Å². The summed E-state index contributed by atoms with van der Waals surface area (Å²) >= 11 is 0. The number of hydrogen-bond acceptors (Lipinski definition) is 5. The summed E-state index contributed by atoms with van der Waals surface area (Å²) < 4.78 is 28.8. The molecule has 0 bridgehead atoms. The van der Waals surface area contributed by atoms with E-state index in [0.29, 0.717) is 23.8 Å². The van der Waals surface area contributed by atoms with Crippen molar-refractivity contribution in [2.75, 3.05) is 7.11 Å². The number of rotatable bonds is 6. The normalized spacial score (nSPS) is 12.4. The molecule has 20 heavy (non-hydrogen) atoms. The highest BCUT2D eigenvalue weighted by molar-refractivity contribution is 5.36. The first-order chi connectivity index (χ1) is 9.60. The van der Waals surface area contributed by atoms with Crippen molar-refractivity contribution in [1.29, 1.82) is 0 Å². The van der Waals surface area contributed by atoms with Crippen molar-refractivity contribution in [3.63, 3.8) is 0 Å². The minimum Gasteiger partial charge on any atom is -0.487 e. The largest absolute Gasteiger partial charge is 0.487 e. The number of aromatic nitrogens is 1. The first kappa shape index (κ1) is 14.5. The highest BCUT2D eigenvalue weighted by atomic mass is 19.1. The van der Waals surface area contributed by atoms with E-state index in [-0.39, 0.29) is 18.5 Å². The molecule has 0 fully saturated rings. The molecule has 1 aromatic carbocycles. The minimum absolute atomic E-state index is 0.177. The molecular formula is C14H17FN2O3.